The summed E-state index contributed by atoms with van der Waals surface area (Å²) in [6.07, 6.45) is 4.32. The summed E-state index contributed by atoms with van der Waals surface area (Å²) in [5.74, 6) is 0.270. The Morgan fingerprint density at radius 1 is 1.62 bits per heavy atom. The molecule has 1 aromatic heterocycles. The largest absolute Gasteiger partial charge is 0.393 e. The van der Waals surface area contributed by atoms with Crippen LogP contribution in [0.3, 0.4) is 0 Å². The van der Waals surface area contributed by atoms with Crippen LogP contribution in [0, 0.1) is 5.92 Å². The SMILES string of the molecule is O=c1[nH]ncc(NCC2CCCC2O)c1Br. The predicted molar refractivity (Wildman–Crippen MR) is 64.4 cm³/mol. The number of hydrogen-bond donors (Lipinski definition) is 3. The van der Waals surface area contributed by atoms with Gasteiger partial charge in [-0.15, -0.1) is 0 Å². The van der Waals surface area contributed by atoms with E-state index in [1.165, 1.54) is 0 Å². The van der Waals surface area contributed by atoms with Gasteiger partial charge in [-0.05, 0) is 28.8 Å². The Labute approximate surface area is 101 Å². The third kappa shape index (κ3) is 2.44. The van der Waals surface area contributed by atoms with Gasteiger partial charge in [-0.1, -0.05) is 6.42 Å². The summed E-state index contributed by atoms with van der Waals surface area (Å²) in [4.78, 5) is 11.2. The summed E-state index contributed by atoms with van der Waals surface area (Å²) in [5, 5.41) is 18.8. The Kier molecular flexibility index (Phi) is 3.60. The Morgan fingerprint density at radius 2 is 2.44 bits per heavy atom. The fraction of sp³-hybridized carbons (Fsp3) is 0.600. The molecule has 0 aromatic carbocycles. The van der Waals surface area contributed by atoms with Crippen molar-refractivity contribution in [3.05, 3.63) is 21.0 Å². The maximum Gasteiger partial charge on any atom is 0.280 e. The van der Waals surface area contributed by atoms with Gasteiger partial charge >= 0.3 is 0 Å². The van der Waals surface area contributed by atoms with Crippen LogP contribution in [0.15, 0.2) is 15.5 Å². The highest BCUT2D eigenvalue weighted by Gasteiger charge is 2.24. The van der Waals surface area contributed by atoms with Crippen LogP contribution in [0.4, 0.5) is 5.69 Å². The van der Waals surface area contributed by atoms with Crippen molar-refractivity contribution in [2.24, 2.45) is 5.92 Å². The molecule has 1 heterocycles. The maximum atomic E-state index is 11.2. The molecule has 1 aliphatic rings. The van der Waals surface area contributed by atoms with E-state index in [-0.39, 0.29) is 17.6 Å². The lowest BCUT2D eigenvalue weighted by Crippen LogP contribution is -2.23. The average Bonchev–Trinajstić information content (AvgIpc) is 2.67. The number of anilines is 1. The molecule has 1 saturated carbocycles. The minimum absolute atomic E-state index is 0.221. The summed E-state index contributed by atoms with van der Waals surface area (Å²) >= 11 is 3.20. The van der Waals surface area contributed by atoms with Crippen LogP contribution >= 0.6 is 15.9 Å². The fourth-order valence-corrected chi connectivity index (χ4v) is 2.33. The van der Waals surface area contributed by atoms with Gasteiger partial charge in [0, 0.05) is 12.5 Å². The number of H-pyrrole nitrogens is 1. The molecule has 2 unspecified atom stereocenters. The van der Waals surface area contributed by atoms with Gasteiger partial charge in [0.25, 0.3) is 5.56 Å². The molecule has 5 nitrogen and oxygen atoms in total. The van der Waals surface area contributed by atoms with Crippen LogP contribution < -0.4 is 10.9 Å². The number of rotatable bonds is 3. The molecule has 6 heteroatoms. The number of nitrogens with one attached hydrogen (secondary N) is 2. The van der Waals surface area contributed by atoms with E-state index in [1.54, 1.807) is 6.20 Å². The summed E-state index contributed by atoms with van der Waals surface area (Å²) in [6.45, 7) is 0.672. The van der Waals surface area contributed by atoms with Gasteiger partial charge in [0.05, 0.1) is 18.0 Å². The Balaban J connectivity index is 1.99. The third-order valence-electron chi connectivity index (χ3n) is 2.97. The van der Waals surface area contributed by atoms with Gasteiger partial charge in [-0.25, -0.2) is 5.10 Å². The smallest absolute Gasteiger partial charge is 0.280 e. The molecule has 16 heavy (non-hydrogen) atoms. The predicted octanol–water partition coefficient (Wildman–Crippen LogP) is 1.11. The van der Waals surface area contributed by atoms with Crippen molar-refractivity contribution in [1.29, 1.82) is 0 Å². The quantitative estimate of drug-likeness (QED) is 0.778. The van der Waals surface area contributed by atoms with E-state index in [2.05, 4.69) is 31.4 Å². The second-order valence-electron chi connectivity index (χ2n) is 4.07. The van der Waals surface area contributed by atoms with Crippen molar-refractivity contribution in [3.8, 4) is 0 Å². The third-order valence-corrected chi connectivity index (χ3v) is 3.76. The number of aliphatic hydroxyl groups is 1. The monoisotopic (exact) mass is 287 g/mol. The van der Waals surface area contributed by atoms with Crippen LogP contribution in [-0.2, 0) is 0 Å². The highest BCUT2D eigenvalue weighted by molar-refractivity contribution is 9.10. The number of nitrogens with zero attached hydrogens (tertiary/aromatic N) is 1. The molecule has 3 N–H and O–H groups in total. The molecule has 2 rings (SSSR count). The molecule has 0 amide bonds. The van der Waals surface area contributed by atoms with Gasteiger partial charge in [0.2, 0.25) is 0 Å². The van der Waals surface area contributed by atoms with Crippen molar-refractivity contribution in [1.82, 2.24) is 10.2 Å². The number of aromatic amines is 1. The molecule has 0 bridgehead atoms. The molecule has 0 aliphatic heterocycles. The number of aliphatic hydroxyl groups excluding tert-OH is 1. The van der Waals surface area contributed by atoms with Crippen LogP contribution in [-0.4, -0.2) is 28.0 Å². The average molecular weight is 288 g/mol. The Morgan fingerprint density at radius 3 is 3.12 bits per heavy atom. The van der Waals surface area contributed by atoms with E-state index < -0.39 is 0 Å². The number of aromatic nitrogens is 2. The van der Waals surface area contributed by atoms with E-state index in [0.717, 1.165) is 19.3 Å². The van der Waals surface area contributed by atoms with E-state index in [4.69, 9.17) is 0 Å². The van der Waals surface area contributed by atoms with Crippen molar-refractivity contribution in [3.63, 3.8) is 0 Å². The zero-order valence-corrected chi connectivity index (χ0v) is 10.3. The van der Waals surface area contributed by atoms with Crippen LogP contribution in [0.2, 0.25) is 0 Å². The van der Waals surface area contributed by atoms with Gasteiger partial charge in [0.1, 0.15) is 4.47 Å². The molecular formula is C10H14BrN3O2. The normalized spacial score (nSPS) is 24.6. The molecular weight excluding hydrogens is 274 g/mol. The number of hydrogen-bond acceptors (Lipinski definition) is 4. The molecule has 0 saturated heterocycles. The highest BCUT2D eigenvalue weighted by atomic mass is 79.9. The summed E-state index contributed by atoms with van der Waals surface area (Å²) in [6, 6.07) is 0. The van der Waals surface area contributed by atoms with Gasteiger partial charge in [0.15, 0.2) is 0 Å². The molecule has 1 aromatic rings. The fourth-order valence-electron chi connectivity index (χ4n) is 2.00. The van der Waals surface area contributed by atoms with Crippen molar-refractivity contribution in [2.75, 3.05) is 11.9 Å². The minimum Gasteiger partial charge on any atom is -0.393 e. The molecule has 2 atom stereocenters. The molecule has 0 radical (unpaired) electrons. The Hall–Kier alpha value is -0.880. The first-order chi connectivity index (χ1) is 7.68. The summed E-state index contributed by atoms with van der Waals surface area (Å²) in [7, 11) is 0. The number of halogens is 1. The van der Waals surface area contributed by atoms with Crippen LogP contribution in [0.25, 0.3) is 0 Å². The maximum absolute atomic E-state index is 11.2. The van der Waals surface area contributed by atoms with Crippen molar-refractivity contribution < 1.29 is 5.11 Å². The highest BCUT2D eigenvalue weighted by Crippen LogP contribution is 2.26. The first-order valence-corrected chi connectivity index (χ1v) is 6.13. The summed E-state index contributed by atoms with van der Waals surface area (Å²) in [5.41, 5.74) is 0.417. The lowest BCUT2D eigenvalue weighted by atomic mass is 10.1. The van der Waals surface area contributed by atoms with Gasteiger partial charge < -0.3 is 10.4 Å². The molecule has 1 aliphatic carbocycles. The van der Waals surface area contributed by atoms with Crippen molar-refractivity contribution in [2.45, 2.75) is 25.4 Å². The first-order valence-electron chi connectivity index (χ1n) is 5.33. The molecule has 0 spiro atoms. The molecule has 88 valence electrons. The topological polar surface area (TPSA) is 78.0 Å². The van der Waals surface area contributed by atoms with Crippen LogP contribution in [0.5, 0.6) is 0 Å². The summed E-state index contributed by atoms with van der Waals surface area (Å²) < 4.78 is 0.454. The first kappa shape index (κ1) is 11.6. The molecule has 1 fully saturated rings. The van der Waals surface area contributed by atoms with E-state index in [9.17, 15) is 9.90 Å². The van der Waals surface area contributed by atoms with E-state index >= 15 is 0 Å². The Bertz CT molecular complexity index is 421. The van der Waals surface area contributed by atoms with E-state index in [1.807, 2.05) is 0 Å². The minimum atomic E-state index is -0.253. The lowest BCUT2D eigenvalue weighted by molar-refractivity contribution is 0.138. The zero-order chi connectivity index (χ0) is 11.5. The van der Waals surface area contributed by atoms with Gasteiger partial charge in [-0.2, -0.15) is 5.10 Å². The zero-order valence-electron chi connectivity index (χ0n) is 8.74. The second kappa shape index (κ2) is 4.97. The van der Waals surface area contributed by atoms with E-state index in [0.29, 0.717) is 16.7 Å². The van der Waals surface area contributed by atoms with Gasteiger partial charge in [-0.3, -0.25) is 4.79 Å². The second-order valence-corrected chi connectivity index (χ2v) is 4.86. The van der Waals surface area contributed by atoms with Crippen LogP contribution in [0.1, 0.15) is 19.3 Å². The van der Waals surface area contributed by atoms with Crippen molar-refractivity contribution >= 4 is 21.6 Å². The lowest BCUT2D eigenvalue weighted by Gasteiger charge is -2.16. The standard InChI is InChI=1S/C10H14BrN3O2/c11-9-7(5-13-14-10(9)16)12-4-6-2-1-3-8(6)15/h5-6,8,15H,1-4H2,(H2,12,14,16).